The maximum absolute atomic E-state index is 10.0. The lowest BCUT2D eigenvalue weighted by Gasteiger charge is -2.25. The average Bonchev–Trinajstić information content (AvgIpc) is 2.15. The van der Waals surface area contributed by atoms with Gasteiger partial charge in [-0.1, -0.05) is 0 Å². The molecule has 0 spiro atoms. The van der Waals surface area contributed by atoms with Crippen molar-refractivity contribution < 1.29 is 18.4 Å². The predicted molar refractivity (Wildman–Crippen MR) is 54.9 cm³/mol. The van der Waals surface area contributed by atoms with Crippen LogP contribution >= 0.6 is 0 Å². The van der Waals surface area contributed by atoms with Gasteiger partial charge >= 0.3 is 8.56 Å². The number of rotatable bonds is 7. The molecule has 0 saturated carbocycles. The summed E-state index contributed by atoms with van der Waals surface area (Å²) in [5.74, 6) is 0. The molecule has 7 heteroatoms. The van der Waals surface area contributed by atoms with Crippen molar-refractivity contribution in [2.75, 3.05) is 12.8 Å². The van der Waals surface area contributed by atoms with Gasteiger partial charge in [-0.05, 0) is 20.4 Å². The zero-order valence-corrected chi connectivity index (χ0v) is 10.0. The van der Waals surface area contributed by atoms with Crippen molar-refractivity contribution in [3.8, 4) is 0 Å². The van der Waals surface area contributed by atoms with Gasteiger partial charge in [0, 0.05) is 6.61 Å². The van der Waals surface area contributed by atoms with E-state index in [1.54, 1.807) is 13.5 Å². The van der Waals surface area contributed by atoms with Gasteiger partial charge in [0.2, 0.25) is 12.2 Å². The highest BCUT2D eigenvalue weighted by atomic mass is 28.4. The summed E-state index contributed by atoms with van der Waals surface area (Å²) >= 11 is 0. The molecule has 6 nitrogen and oxygen atoms in total. The van der Waals surface area contributed by atoms with Crippen LogP contribution in [-0.4, -0.2) is 39.7 Å². The standard InChI is InChI=1S/C8H14N2O4Si/c1-4-13-15(3,7-9-5-11)14-8(2)10-6-12/h8H,4,7H2,1-3H3. The van der Waals surface area contributed by atoms with Gasteiger partial charge in [0.05, 0.1) is 6.17 Å². The maximum atomic E-state index is 10.0. The highest BCUT2D eigenvalue weighted by Gasteiger charge is 2.33. The van der Waals surface area contributed by atoms with Crippen molar-refractivity contribution in [1.29, 1.82) is 0 Å². The maximum Gasteiger partial charge on any atom is 0.359 e. The van der Waals surface area contributed by atoms with Crippen molar-refractivity contribution in [1.82, 2.24) is 0 Å². The lowest BCUT2D eigenvalue weighted by Crippen LogP contribution is -2.44. The summed E-state index contributed by atoms with van der Waals surface area (Å²) in [6.07, 6.45) is 2.34. The van der Waals surface area contributed by atoms with Crippen LogP contribution in [0.3, 0.4) is 0 Å². The van der Waals surface area contributed by atoms with E-state index >= 15 is 0 Å². The zero-order valence-electron chi connectivity index (χ0n) is 9.02. The number of hydrogen-bond acceptors (Lipinski definition) is 6. The molecule has 0 aliphatic heterocycles. The molecular formula is C8H14N2O4Si. The molecule has 0 aromatic rings. The van der Waals surface area contributed by atoms with Crippen LogP contribution in [0.15, 0.2) is 9.98 Å². The number of aliphatic imine (C=N–C) groups is 2. The van der Waals surface area contributed by atoms with E-state index in [4.69, 9.17) is 8.85 Å². The number of nitrogens with zero attached hydrogens (tertiary/aromatic N) is 2. The van der Waals surface area contributed by atoms with Crippen LogP contribution < -0.4 is 0 Å². The molecule has 0 rings (SSSR count). The Morgan fingerprint density at radius 1 is 1.40 bits per heavy atom. The Kier molecular flexibility index (Phi) is 6.69. The first-order chi connectivity index (χ1) is 7.08. The Morgan fingerprint density at radius 3 is 2.53 bits per heavy atom. The van der Waals surface area contributed by atoms with E-state index in [1.165, 1.54) is 12.2 Å². The Labute approximate surface area is 89.3 Å². The zero-order chi connectivity index (χ0) is 11.7. The molecular weight excluding hydrogens is 216 g/mol. The second kappa shape index (κ2) is 7.22. The summed E-state index contributed by atoms with van der Waals surface area (Å²) in [5, 5.41) is 0. The first kappa shape index (κ1) is 13.9. The van der Waals surface area contributed by atoms with Gasteiger partial charge in [-0.15, -0.1) is 0 Å². The van der Waals surface area contributed by atoms with Crippen LogP contribution in [-0.2, 0) is 18.4 Å². The van der Waals surface area contributed by atoms with Gasteiger partial charge in [-0.25, -0.2) is 14.6 Å². The van der Waals surface area contributed by atoms with Gasteiger partial charge in [0.15, 0.2) is 0 Å². The second-order valence-electron chi connectivity index (χ2n) is 2.91. The molecule has 0 aliphatic rings. The molecule has 2 unspecified atom stereocenters. The smallest absolute Gasteiger partial charge is 0.359 e. The molecule has 0 bridgehead atoms. The fraction of sp³-hybridized carbons (Fsp3) is 0.750. The fourth-order valence-electron chi connectivity index (χ4n) is 1.06. The second-order valence-corrected chi connectivity index (χ2v) is 6.02. The summed E-state index contributed by atoms with van der Waals surface area (Å²) in [6, 6.07) is 0. The van der Waals surface area contributed by atoms with Crippen molar-refractivity contribution in [3.63, 3.8) is 0 Å². The first-order valence-corrected chi connectivity index (χ1v) is 7.02. The third kappa shape index (κ3) is 6.06. The van der Waals surface area contributed by atoms with Crippen LogP contribution in [0.25, 0.3) is 0 Å². The van der Waals surface area contributed by atoms with Crippen LogP contribution in [0, 0.1) is 0 Å². The van der Waals surface area contributed by atoms with Gasteiger partial charge in [0.1, 0.15) is 6.23 Å². The topological polar surface area (TPSA) is 77.3 Å². The Morgan fingerprint density at radius 2 is 2.07 bits per heavy atom. The fourth-order valence-corrected chi connectivity index (χ4v) is 3.03. The molecule has 0 saturated heterocycles. The molecule has 84 valence electrons. The van der Waals surface area contributed by atoms with Gasteiger partial charge in [-0.3, -0.25) is 0 Å². The third-order valence-electron chi connectivity index (χ3n) is 1.53. The largest absolute Gasteiger partial charge is 0.394 e. The molecule has 0 aliphatic carbocycles. The minimum atomic E-state index is -2.57. The van der Waals surface area contributed by atoms with E-state index in [0.717, 1.165) is 0 Å². The van der Waals surface area contributed by atoms with E-state index in [0.29, 0.717) is 6.61 Å². The van der Waals surface area contributed by atoms with Crippen LogP contribution in [0.1, 0.15) is 13.8 Å². The van der Waals surface area contributed by atoms with E-state index in [9.17, 15) is 9.59 Å². The van der Waals surface area contributed by atoms with Gasteiger partial charge < -0.3 is 8.85 Å². The Balaban J connectivity index is 4.47. The monoisotopic (exact) mass is 230 g/mol. The Bertz CT molecular complexity index is 286. The molecule has 0 N–H and O–H groups in total. The highest BCUT2D eigenvalue weighted by Crippen LogP contribution is 2.11. The number of hydrogen-bond donors (Lipinski definition) is 0. The molecule has 0 radical (unpaired) electrons. The Hall–Kier alpha value is -1.10. The summed E-state index contributed by atoms with van der Waals surface area (Å²) in [5.41, 5.74) is 0. The van der Waals surface area contributed by atoms with E-state index in [1.807, 2.05) is 6.92 Å². The van der Waals surface area contributed by atoms with E-state index < -0.39 is 14.8 Å². The average molecular weight is 230 g/mol. The minimum Gasteiger partial charge on any atom is -0.394 e. The quantitative estimate of drug-likeness (QED) is 0.366. The lowest BCUT2D eigenvalue weighted by molar-refractivity contribution is 0.137. The van der Waals surface area contributed by atoms with Crippen LogP contribution in [0.2, 0.25) is 6.55 Å². The van der Waals surface area contributed by atoms with Crippen LogP contribution in [0.5, 0.6) is 0 Å². The summed E-state index contributed by atoms with van der Waals surface area (Å²) in [6.45, 7) is 5.61. The molecule has 0 amide bonds. The lowest BCUT2D eigenvalue weighted by atomic mass is 10.7. The molecule has 0 heterocycles. The summed E-state index contributed by atoms with van der Waals surface area (Å²) < 4.78 is 10.8. The molecule has 15 heavy (non-hydrogen) atoms. The van der Waals surface area contributed by atoms with Crippen molar-refractivity contribution in [3.05, 3.63) is 0 Å². The van der Waals surface area contributed by atoms with Gasteiger partial charge in [-0.2, -0.15) is 4.99 Å². The summed E-state index contributed by atoms with van der Waals surface area (Å²) in [4.78, 5) is 26.8. The van der Waals surface area contributed by atoms with Crippen molar-refractivity contribution in [2.45, 2.75) is 26.6 Å². The van der Waals surface area contributed by atoms with E-state index in [2.05, 4.69) is 9.98 Å². The number of carbonyl (C=O) groups excluding carboxylic acids is 2. The van der Waals surface area contributed by atoms with Crippen molar-refractivity contribution >= 4 is 20.7 Å². The normalized spacial score (nSPS) is 15.7. The molecule has 0 aromatic heterocycles. The first-order valence-electron chi connectivity index (χ1n) is 4.50. The molecule has 2 atom stereocenters. The summed E-state index contributed by atoms with van der Waals surface area (Å²) in [7, 11) is -2.57. The van der Waals surface area contributed by atoms with Crippen LogP contribution in [0.4, 0.5) is 0 Å². The van der Waals surface area contributed by atoms with E-state index in [-0.39, 0.29) is 6.17 Å². The van der Waals surface area contributed by atoms with Gasteiger partial charge in [0.25, 0.3) is 0 Å². The SMILES string of the molecule is CCO[Si](C)(CN=C=O)OC(C)N=C=O. The number of isocyanates is 2. The minimum absolute atomic E-state index is 0.142. The predicted octanol–water partition coefficient (Wildman–Crippen LogP) is 0.668. The third-order valence-corrected chi connectivity index (χ3v) is 4.01. The molecule has 0 aromatic carbocycles. The highest BCUT2D eigenvalue weighted by molar-refractivity contribution is 6.66. The van der Waals surface area contributed by atoms with Crippen molar-refractivity contribution in [2.24, 2.45) is 9.98 Å². The molecule has 0 fully saturated rings.